The van der Waals surface area contributed by atoms with Gasteiger partial charge in [-0.25, -0.2) is 0 Å². The van der Waals surface area contributed by atoms with Crippen molar-refractivity contribution < 1.29 is 4.74 Å². The van der Waals surface area contributed by atoms with Crippen LogP contribution in [0.25, 0.3) is 10.9 Å². The quantitative estimate of drug-likeness (QED) is 0.437. The summed E-state index contributed by atoms with van der Waals surface area (Å²) >= 11 is 0. The van der Waals surface area contributed by atoms with Crippen molar-refractivity contribution in [2.24, 2.45) is 0 Å². The zero-order chi connectivity index (χ0) is 19.7. The van der Waals surface area contributed by atoms with Crippen LogP contribution in [0, 0.1) is 27.7 Å². The summed E-state index contributed by atoms with van der Waals surface area (Å²) in [6.07, 6.45) is 0. The molecule has 4 rings (SSSR count). The van der Waals surface area contributed by atoms with Crippen molar-refractivity contribution >= 4 is 10.9 Å². The minimum absolute atomic E-state index is 0.520. The molecule has 0 aliphatic rings. The molecule has 0 radical (unpaired) electrons. The van der Waals surface area contributed by atoms with E-state index in [1.165, 1.54) is 27.8 Å². The first-order valence-electron chi connectivity index (χ1n) is 9.72. The van der Waals surface area contributed by atoms with Gasteiger partial charge >= 0.3 is 0 Å². The first-order valence-corrected chi connectivity index (χ1v) is 9.72. The standard InChI is InChI=1S/C25H26N2O/c1-17-9-11-21(13-19(17)3)15-27-24-8-6-5-7-23(24)25(26-27)28-16-22-12-10-18(2)20(4)14-22/h5-14H,15-16H2,1-4H3. The molecule has 142 valence electrons. The summed E-state index contributed by atoms with van der Waals surface area (Å²) in [5.41, 5.74) is 8.70. The van der Waals surface area contributed by atoms with Gasteiger partial charge in [-0.05, 0) is 73.2 Å². The Morgan fingerprint density at radius 2 is 1.39 bits per heavy atom. The maximum Gasteiger partial charge on any atom is 0.241 e. The van der Waals surface area contributed by atoms with Gasteiger partial charge in [0.15, 0.2) is 0 Å². The average Bonchev–Trinajstić information content (AvgIpc) is 3.03. The summed E-state index contributed by atoms with van der Waals surface area (Å²) in [7, 11) is 0. The van der Waals surface area contributed by atoms with E-state index in [0.717, 1.165) is 23.0 Å². The van der Waals surface area contributed by atoms with Gasteiger partial charge in [0.2, 0.25) is 5.88 Å². The van der Waals surface area contributed by atoms with Crippen molar-refractivity contribution in [1.29, 1.82) is 0 Å². The number of hydrogen-bond donors (Lipinski definition) is 0. The van der Waals surface area contributed by atoms with E-state index in [1.54, 1.807) is 0 Å². The van der Waals surface area contributed by atoms with E-state index in [4.69, 9.17) is 9.84 Å². The number of para-hydroxylation sites is 1. The molecule has 0 atom stereocenters. The fourth-order valence-corrected chi connectivity index (χ4v) is 3.44. The molecule has 0 aliphatic carbocycles. The van der Waals surface area contributed by atoms with Crippen molar-refractivity contribution in [3.8, 4) is 5.88 Å². The molecule has 0 amide bonds. The predicted octanol–water partition coefficient (Wildman–Crippen LogP) is 5.90. The molecule has 0 bridgehead atoms. The van der Waals surface area contributed by atoms with Crippen LogP contribution < -0.4 is 4.74 Å². The maximum atomic E-state index is 6.13. The van der Waals surface area contributed by atoms with E-state index in [-0.39, 0.29) is 0 Å². The topological polar surface area (TPSA) is 27.1 Å². The van der Waals surface area contributed by atoms with Crippen molar-refractivity contribution in [1.82, 2.24) is 9.78 Å². The molecule has 3 aromatic carbocycles. The van der Waals surface area contributed by atoms with Crippen molar-refractivity contribution in [3.05, 3.63) is 94.0 Å². The molecule has 1 heterocycles. The lowest BCUT2D eigenvalue weighted by atomic mass is 10.1. The number of rotatable bonds is 5. The van der Waals surface area contributed by atoms with Crippen LogP contribution in [0.15, 0.2) is 60.7 Å². The first kappa shape index (κ1) is 18.3. The van der Waals surface area contributed by atoms with E-state index in [0.29, 0.717) is 12.5 Å². The van der Waals surface area contributed by atoms with Crippen molar-refractivity contribution in [3.63, 3.8) is 0 Å². The van der Waals surface area contributed by atoms with Gasteiger partial charge in [0.25, 0.3) is 0 Å². The number of ether oxygens (including phenoxy) is 1. The van der Waals surface area contributed by atoms with E-state index >= 15 is 0 Å². The highest BCUT2D eigenvalue weighted by atomic mass is 16.5. The number of hydrogen-bond acceptors (Lipinski definition) is 2. The van der Waals surface area contributed by atoms with Gasteiger partial charge < -0.3 is 4.74 Å². The zero-order valence-corrected chi connectivity index (χ0v) is 17.0. The number of benzene rings is 3. The molecule has 3 heteroatoms. The second kappa shape index (κ2) is 7.51. The van der Waals surface area contributed by atoms with Gasteiger partial charge in [-0.1, -0.05) is 48.5 Å². The second-order valence-electron chi connectivity index (χ2n) is 7.61. The highest BCUT2D eigenvalue weighted by molar-refractivity contribution is 5.84. The van der Waals surface area contributed by atoms with E-state index in [1.807, 2.05) is 16.8 Å². The molecular formula is C25H26N2O. The fraction of sp³-hybridized carbons (Fsp3) is 0.240. The minimum atomic E-state index is 0.520. The lowest BCUT2D eigenvalue weighted by Gasteiger charge is -2.07. The molecular weight excluding hydrogens is 344 g/mol. The number of aryl methyl sites for hydroxylation is 4. The third kappa shape index (κ3) is 3.65. The Bertz CT molecular complexity index is 1140. The second-order valence-corrected chi connectivity index (χ2v) is 7.61. The van der Waals surface area contributed by atoms with Crippen LogP contribution in [0.2, 0.25) is 0 Å². The highest BCUT2D eigenvalue weighted by Gasteiger charge is 2.12. The summed E-state index contributed by atoms with van der Waals surface area (Å²) in [6, 6.07) is 21.3. The Morgan fingerprint density at radius 1 is 0.750 bits per heavy atom. The number of aromatic nitrogens is 2. The van der Waals surface area contributed by atoms with Crippen LogP contribution in [0.3, 0.4) is 0 Å². The monoisotopic (exact) mass is 370 g/mol. The van der Waals surface area contributed by atoms with Crippen molar-refractivity contribution in [2.75, 3.05) is 0 Å². The minimum Gasteiger partial charge on any atom is -0.471 e. The third-order valence-electron chi connectivity index (χ3n) is 5.47. The van der Waals surface area contributed by atoms with Gasteiger partial charge in [-0.15, -0.1) is 5.10 Å². The van der Waals surface area contributed by atoms with Crippen LogP contribution in [-0.4, -0.2) is 9.78 Å². The molecule has 0 saturated carbocycles. The maximum absolute atomic E-state index is 6.13. The molecule has 0 saturated heterocycles. The van der Waals surface area contributed by atoms with Gasteiger partial charge in [0, 0.05) is 0 Å². The molecule has 28 heavy (non-hydrogen) atoms. The molecule has 0 N–H and O–H groups in total. The average molecular weight is 370 g/mol. The molecule has 3 nitrogen and oxygen atoms in total. The summed E-state index contributed by atoms with van der Waals surface area (Å²) in [6.45, 7) is 9.80. The van der Waals surface area contributed by atoms with E-state index in [2.05, 4.69) is 76.2 Å². The summed E-state index contributed by atoms with van der Waals surface area (Å²) < 4.78 is 8.17. The van der Waals surface area contributed by atoms with Gasteiger partial charge in [-0.2, -0.15) is 0 Å². The van der Waals surface area contributed by atoms with Crippen LogP contribution in [0.4, 0.5) is 0 Å². The van der Waals surface area contributed by atoms with Gasteiger partial charge in [-0.3, -0.25) is 4.68 Å². The summed E-state index contributed by atoms with van der Waals surface area (Å²) in [5.74, 6) is 0.692. The summed E-state index contributed by atoms with van der Waals surface area (Å²) in [5, 5.41) is 5.84. The van der Waals surface area contributed by atoms with Crippen molar-refractivity contribution in [2.45, 2.75) is 40.8 Å². The normalized spacial score (nSPS) is 11.1. The SMILES string of the molecule is Cc1ccc(COc2nn(Cc3ccc(C)c(C)c3)c3ccccc23)cc1C. The number of nitrogens with zero attached hydrogens (tertiary/aromatic N) is 2. The lowest BCUT2D eigenvalue weighted by Crippen LogP contribution is -2.03. The first-order chi connectivity index (χ1) is 13.5. The largest absolute Gasteiger partial charge is 0.471 e. The predicted molar refractivity (Wildman–Crippen MR) is 115 cm³/mol. The van der Waals surface area contributed by atoms with Crippen LogP contribution in [0.1, 0.15) is 33.4 Å². The molecule has 0 fully saturated rings. The molecule has 0 spiro atoms. The van der Waals surface area contributed by atoms with Gasteiger partial charge in [0.1, 0.15) is 6.61 Å². The summed E-state index contributed by atoms with van der Waals surface area (Å²) in [4.78, 5) is 0. The molecule has 4 aromatic rings. The van der Waals surface area contributed by atoms with E-state index < -0.39 is 0 Å². The molecule has 0 aliphatic heterocycles. The van der Waals surface area contributed by atoms with E-state index in [9.17, 15) is 0 Å². The zero-order valence-electron chi connectivity index (χ0n) is 17.0. The number of fused-ring (bicyclic) bond motifs is 1. The molecule has 0 unspecified atom stereocenters. The fourth-order valence-electron chi connectivity index (χ4n) is 3.44. The Balaban J connectivity index is 1.62. The lowest BCUT2D eigenvalue weighted by molar-refractivity contribution is 0.293. The van der Waals surface area contributed by atoms with Crippen LogP contribution >= 0.6 is 0 Å². The van der Waals surface area contributed by atoms with Gasteiger partial charge in [0.05, 0.1) is 17.4 Å². The molecule has 1 aromatic heterocycles. The Labute approximate surface area is 166 Å². The Hall–Kier alpha value is -3.07. The van der Waals surface area contributed by atoms with Crippen LogP contribution in [0.5, 0.6) is 5.88 Å². The third-order valence-corrected chi connectivity index (χ3v) is 5.47. The Kier molecular flexibility index (Phi) is 4.91. The highest BCUT2D eigenvalue weighted by Crippen LogP contribution is 2.26. The smallest absolute Gasteiger partial charge is 0.241 e. The Morgan fingerprint density at radius 3 is 2.11 bits per heavy atom. The van der Waals surface area contributed by atoms with Crippen LogP contribution in [-0.2, 0) is 13.2 Å².